The van der Waals surface area contributed by atoms with Crippen LogP contribution in [0.4, 0.5) is 5.69 Å². The molecule has 1 aliphatic heterocycles. The summed E-state index contributed by atoms with van der Waals surface area (Å²) in [5, 5.41) is 3.38. The summed E-state index contributed by atoms with van der Waals surface area (Å²) in [6.45, 7) is 11.3. The van der Waals surface area contributed by atoms with Crippen LogP contribution in [0.5, 0.6) is 0 Å². The van der Waals surface area contributed by atoms with Gasteiger partial charge in [-0.1, -0.05) is 26.0 Å². The molecule has 19 heavy (non-hydrogen) atoms. The van der Waals surface area contributed by atoms with Crippen molar-refractivity contribution in [1.29, 1.82) is 0 Å². The van der Waals surface area contributed by atoms with E-state index in [0.29, 0.717) is 6.04 Å². The zero-order valence-corrected chi connectivity index (χ0v) is 12.4. The maximum Gasteiger partial charge on any atom is 0.0670 e. The molecule has 1 unspecified atom stereocenters. The summed E-state index contributed by atoms with van der Waals surface area (Å²) < 4.78 is 5.59. The Balaban J connectivity index is 2.14. The average molecular weight is 262 g/mol. The SMILES string of the molecule is CCNCc1ccc(N2CCOCC2CC)c(C)c1. The second-order valence-electron chi connectivity index (χ2n) is 5.23. The number of nitrogens with zero attached hydrogens (tertiary/aromatic N) is 1. The molecule has 1 heterocycles. The second-order valence-corrected chi connectivity index (χ2v) is 5.23. The molecule has 0 saturated carbocycles. The lowest BCUT2D eigenvalue weighted by Crippen LogP contribution is -2.45. The van der Waals surface area contributed by atoms with Crippen molar-refractivity contribution < 1.29 is 4.74 Å². The van der Waals surface area contributed by atoms with Gasteiger partial charge in [0, 0.05) is 18.8 Å². The summed E-state index contributed by atoms with van der Waals surface area (Å²) in [6, 6.07) is 7.34. The number of morpholine rings is 1. The van der Waals surface area contributed by atoms with E-state index in [9.17, 15) is 0 Å². The molecular weight excluding hydrogens is 236 g/mol. The molecule has 106 valence electrons. The van der Waals surface area contributed by atoms with Gasteiger partial charge in [-0.25, -0.2) is 0 Å². The fraction of sp³-hybridized carbons (Fsp3) is 0.625. The largest absolute Gasteiger partial charge is 0.377 e. The molecule has 1 fully saturated rings. The molecule has 0 radical (unpaired) electrons. The Morgan fingerprint density at radius 3 is 2.89 bits per heavy atom. The highest BCUT2D eigenvalue weighted by molar-refractivity contribution is 5.55. The minimum Gasteiger partial charge on any atom is -0.377 e. The minimum atomic E-state index is 0.520. The molecule has 3 heteroatoms. The Bertz CT molecular complexity index is 406. The van der Waals surface area contributed by atoms with Crippen molar-refractivity contribution >= 4 is 5.69 Å². The van der Waals surface area contributed by atoms with Crippen molar-refractivity contribution in [3.8, 4) is 0 Å². The number of rotatable bonds is 5. The van der Waals surface area contributed by atoms with Crippen molar-refractivity contribution in [1.82, 2.24) is 5.32 Å². The van der Waals surface area contributed by atoms with Crippen LogP contribution in [0.3, 0.4) is 0 Å². The molecule has 1 saturated heterocycles. The zero-order valence-electron chi connectivity index (χ0n) is 12.4. The van der Waals surface area contributed by atoms with E-state index in [4.69, 9.17) is 4.74 Å². The lowest BCUT2D eigenvalue weighted by atomic mass is 10.1. The number of aryl methyl sites for hydroxylation is 1. The first-order valence-electron chi connectivity index (χ1n) is 7.40. The van der Waals surface area contributed by atoms with Gasteiger partial charge in [0.1, 0.15) is 0 Å². The van der Waals surface area contributed by atoms with Crippen molar-refractivity contribution in [2.75, 3.05) is 31.2 Å². The lowest BCUT2D eigenvalue weighted by Gasteiger charge is -2.38. The predicted octanol–water partition coefficient (Wildman–Crippen LogP) is 2.72. The van der Waals surface area contributed by atoms with Crippen LogP contribution in [0.15, 0.2) is 18.2 Å². The number of hydrogen-bond donors (Lipinski definition) is 1. The third-order valence-electron chi connectivity index (χ3n) is 3.85. The Hall–Kier alpha value is -1.06. The maximum absolute atomic E-state index is 5.59. The first kappa shape index (κ1) is 14.4. The van der Waals surface area contributed by atoms with E-state index in [0.717, 1.165) is 39.3 Å². The van der Waals surface area contributed by atoms with Crippen LogP contribution in [-0.2, 0) is 11.3 Å². The first-order valence-corrected chi connectivity index (χ1v) is 7.40. The van der Waals surface area contributed by atoms with Gasteiger partial charge in [-0.05, 0) is 37.1 Å². The zero-order chi connectivity index (χ0) is 13.7. The number of anilines is 1. The third kappa shape index (κ3) is 3.48. The number of nitrogens with one attached hydrogen (secondary N) is 1. The van der Waals surface area contributed by atoms with E-state index >= 15 is 0 Å². The molecule has 0 aromatic heterocycles. The van der Waals surface area contributed by atoms with Crippen LogP contribution in [-0.4, -0.2) is 32.3 Å². The highest BCUT2D eigenvalue weighted by atomic mass is 16.5. The molecular formula is C16H26N2O. The topological polar surface area (TPSA) is 24.5 Å². The molecule has 1 aromatic carbocycles. The average Bonchev–Trinajstić information content (AvgIpc) is 2.45. The van der Waals surface area contributed by atoms with Gasteiger partial charge in [-0.15, -0.1) is 0 Å². The number of hydrogen-bond acceptors (Lipinski definition) is 3. The normalized spacial score (nSPS) is 19.7. The van der Waals surface area contributed by atoms with Gasteiger partial charge in [-0.2, -0.15) is 0 Å². The lowest BCUT2D eigenvalue weighted by molar-refractivity contribution is 0.0929. The first-order chi connectivity index (χ1) is 9.26. The summed E-state index contributed by atoms with van der Waals surface area (Å²) in [5.74, 6) is 0. The van der Waals surface area contributed by atoms with Crippen molar-refractivity contribution in [3.05, 3.63) is 29.3 Å². The van der Waals surface area contributed by atoms with E-state index in [1.54, 1.807) is 0 Å². The van der Waals surface area contributed by atoms with E-state index in [1.807, 2.05) is 0 Å². The van der Waals surface area contributed by atoms with Gasteiger partial charge >= 0.3 is 0 Å². The number of ether oxygens (including phenoxy) is 1. The Morgan fingerprint density at radius 2 is 2.21 bits per heavy atom. The van der Waals surface area contributed by atoms with Crippen molar-refractivity contribution in [3.63, 3.8) is 0 Å². The van der Waals surface area contributed by atoms with Crippen LogP contribution < -0.4 is 10.2 Å². The molecule has 3 nitrogen and oxygen atoms in total. The fourth-order valence-corrected chi connectivity index (χ4v) is 2.73. The maximum atomic E-state index is 5.59. The highest BCUT2D eigenvalue weighted by Gasteiger charge is 2.22. The standard InChI is InChI=1S/C16H26N2O/c1-4-15-12-19-9-8-18(15)16-7-6-14(10-13(16)3)11-17-5-2/h6-7,10,15,17H,4-5,8-9,11-12H2,1-3H3. The van der Waals surface area contributed by atoms with Gasteiger partial charge in [0.25, 0.3) is 0 Å². The molecule has 0 aliphatic carbocycles. The van der Waals surface area contributed by atoms with Crippen molar-refractivity contribution in [2.24, 2.45) is 0 Å². The summed E-state index contributed by atoms with van der Waals surface area (Å²) in [4.78, 5) is 2.51. The molecule has 1 N–H and O–H groups in total. The Labute approximate surface area is 116 Å². The van der Waals surface area contributed by atoms with Crippen LogP contribution in [0.1, 0.15) is 31.4 Å². The Kier molecular flexibility index (Phi) is 5.23. The van der Waals surface area contributed by atoms with E-state index in [2.05, 4.69) is 49.2 Å². The summed E-state index contributed by atoms with van der Waals surface area (Å²) >= 11 is 0. The van der Waals surface area contributed by atoms with E-state index in [1.165, 1.54) is 16.8 Å². The summed E-state index contributed by atoms with van der Waals surface area (Å²) in [6.07, 6.45) is 1.14. The summed E-state index contributed by atoms with van der Waals surface area (Å²) in [7, 11) is 0. The van der Waals surface area contributed by atoms with Crippen LogP contribution in [0.25, 0.3) is 0 Å². The monoisotopic (exact) mass is 262 g/mol. The third-order valence-corrected chi connectivity index (χ3v) is 3.85. The molecule has 0 amide bonds. The Morgan fingerprint density at radius 1 is 1.37 bits per heavy atom. The van der Waals surface area contributed by atoms with Gasteiger partial charge < -0.3 is 15.0 Å². The smallest absolute Gasteiger partial charge is 0.0670 e. The quantitative estimate of drug-likeness (QED) is 0.883. The van der Waals surface area contributed by atoms with Gasteiger partial charge in [0.2, 0.25) is 0 Å². The van der Waals surface area contributed by atoms with Crippen LogP contribution >= 0.6 is 0 Å². The second kappa shape index (κ2) is 6.92. The van der Waals surface area contributed by atoms with Crippen LogP contribution in [0, 0.1) is 6.92 Å². The molecule has 0 spiro atoms. The van der Waals surface area contributed by atoms with Gasteiger partial charge in [0.15, 0.2) is 0 Å². The van der Waals surface area contributed by atoms with Gasteiger partial charge in [0.05, 0.1) is 19.3 Å². The highest BCUT2D eigenvalue weighted by Crippen LogP contribution is 2.26. The molecule has 0 bridgehead atoms. The van der Waals surface area contributed by atoms with Gasteiger partial charge in [-0.3, -0.25) is 0 Å². The molecule has 1 aromatic rings. The predicted molar refractivity (Wildman–Crippen MR) is 80.8 cm³/mol. The summed E-state index contributed by atoms with van der Waals surface area (Å²) in [5.41, 5.74) is 4.11. The fourth-order valence-electron chi connectivity index (χ4n) is 2.73. The van der Waals surface area contributed by atoms with Crippen LogP contribution in [0.2, 0.25) is 0 Å². The number of benzene rings is 1. The van der Waals surface area contributed by atoms with E-state index < -0.39 is 0 Å². The molecule has 1 atom stereocenters. The minimum absolute atomic E-state index is 0.520. The molecule has 2 rings (SSSR count). The molecule has 1 aliphatic rings. The van der Waals surface area contributed by atoms with E-state index in [-0.39, 0.29) is 0 Å². The van der Waals surface area contributed by atoms with Crippen molar-refractivity contribution in [2.45, 2.75) is 39.8 Å².